The van der Waals surface area contributed by atoms with E-state index in [0.717, 1.165) is 35.5 Å². The van der Waals surface area contributed by atoms with Crippen molar-refractivity contribution in [2.75, 3.05) is 0 Å². The molecule has 0 saturated heterocycles. The Kier molecular flexibility index (Phi) is 4.67. The molecule has 4 atom stereocenters. The zero-order valence-electron chi connectivity index (χ0n) is 11.6. The van der Waals surface area contributed by atoms with E-state index in [1.54, 1.807) is 0 Å². The van der Waals surface area contributed by atoms with E-state index in [0.29, 0.717) is 0 Å². The van der Waals surface area contributed by atoms with Crippen molar-refractivity contribution in [2.24, 2.45) is 35.5 Å². The molecule has 0 aliphatic heterocycles. The summed E-state index contributed by atoms with van der Waals surface area (Å²) in [5.41, 5.74) is 0. The first kappa shape index (κ1) is 13.1. The van der Waals surface area contributed by atoms with Crippen molar-refractivity contribution in [3.63, 3.8) is 0 Å². The molecule has 0 spiro atoms. The van der Waals surface area contributed by atoms with E-state index in [4.69, 9.17) is 0 Å². The fourth-order valence-corrected chi connectivity index (χ4v) is 3.70. The van der Waals surface area contributed by atoms with Gasteiger partial charge in [0.2, 0.25) is 0 Å². The van der Waals surface area contributed by atoms with Gasteiger partial charge in [0, 0.05) is 0 Å². The second-order valence-corrected chi connectivity index (χ2v) is 6.43. The highest BCUT2D eigenvalue weighted by atomic mass is 14.4. The van der Waals surface area contributed by atoms with Crippen LogP contribution in [0.5, 0.6) is 0 Å². The van der Waals surface area contributed by atoms with E-state index >= 15 is 0 Å². The highest BCUT2D eigenvalue weighted by molar-refractivity contribution is 4.84. The maximum absolute atomic E-state index is 2.49. The molecule has 0 N–H and O–H groups in total. The second-order valence-electron chi connectivity index (χ2n) is 6.43. The van der Waals surface area contributed by atoms with E-state index in [1.165, 1.54) is 19.3 Å². The minimum atomic E-state index is 0.835. The van der Waals surface area contributed by atoms with Gasteiger partial charge in [0.05, 0.1) is 0 Å². The van der Waals surface area contributed by atoms with Gasteiger partial charge in [0.1, 0.15) is 0 Å². The molecule has 0 aromatic rings. The van der Waals surface area contributed by atoms with Crippen LogP contribution in [0.25, 0.3) is 0 Å². The Morgan fingerprint density at radius 1 is 0.867 bits per heavy atom. The zero-order chi connectivity index (χ0) is 11.6. The third kappa shape index (κ3) is 2.98. The van der Waals surface area contributed by atoms with Crippen LogP contribution < -0.4 is 0 Å². The van der Waals surface area contributed by atoms with Crippen molar-refractivity contribution in [1.82, 2.24) is 0 Å². The summed E-state index contributed by atoms with van der Waals surface area (Å²) >= 11 is 0. The summed E-state index contributed by atoms with van der Waals surface area (Å²) in [5.74, 6) is 5.47. The van der Waals surface area contributed by atoms with Crippen molar-refractivity contribution < 1.29 is 0 Å². The summed E-state index contributed by atoms with van der Waals surface area (Å²) in [4.78, 5) is 0. The fourth-order valence-electron chi connectivity index (χ4n) is 3.70. The summed E-state index contributed by atoms with van der Waals surface area (Å²) in [6.45, 7) is 14.6. The Hall–Kier alpha value is 0. The smallest absolute Gasteiger partial charge is 0.0334 e. The first-order chi connectivity index (χ1) is 6.95. The molecule has 0 heterocycles. The van der Waals surface area contributed by atoms with E-state index < -0.39 is 0 Å². The van der Waals surface area contributed by atoms with E-state index in [9.17, 15) is 0 Å². The molecule has 0 radical (unpaired) electrons. The van der Waals surface area contributed by atoms with Gasteiger partial charge in [-0.2, -0.15) is 0 Å². The van der Waals surface area contributed by atoms with Crippen LogP contribution in [-0.2, 0) is 0 Å². The van der Waals surface area contributed by atoms with Crippen LogP contribution in [0, 0.1) is 35.5 Å². The minimum absolute atomic E-state index is 0.835. The Morgan fingerprint density at radius 2 is 1.33 bits per heavy atom. The van der Waals surface area contributed by atoms with Crippen LogP contribution in [0.2, 0.25) is 0 Å². The van der Waals surface area contributed by atoms with E-state index in [1.807, 2.05) is 0 Å². The van der Waals surface area contributed by atoms with Gasteiger partial charge in [-0.25, -0.2) is 0 Å². The summed E-state index contributed by atoms with van der Waals surface area (Å²) in [6, 6.07) is 0. The second kappa shape index (κ2) is 5.37. The summed E-state index contributed by atoms with van der Waals surface area (Å²) in [5, 5.41) is 0. The van der Waals surface area contributed by atoms with Gasteiger partial charge in [0.15, 0.2) is 0 Å². The lowest BCUT2D eigenvalue weighted by Gasteiger charge is -2.42. The standard InChI is InChI=1S/C15H30/c1-10(2)13(5)14(6)15-11(3)8-7-9-12(15)4/h10-15H,7-9H2,1-6H3. The molecule has 1 aliphatic carbocycles. The SMILES string of the molecule is CC(C)C(C)C(C)C1C(C)CCCC1C. The van der Waals surface area contributed by atoms with Crippen LogP contribution >= 0.6 is 0 Å². The molecule has 0 aromatic heterocycles. The molecule has 0 amide bonds. The Labute approximate surface area is 96.8 Å². The number of hydrogen-bond acceptors (Lipinski definition) is 0. The molecular formula is C15H30. The third-order valence-corrected chi connectivity index (χ3v) is 5.12. The minimum Gasteiger partial charge on any atom is -0.0625 e. The highest BCUT2D eigenvalue weighted by Crippen LogP contribution is 2.42. The van der Waals surface area contributed by atoms with Gasteiger partial charge < -0.3 is 0 Å². The molecular weight excluding hydrogens is 180 g/mol. The maximum Gasteiger partial charge on any atom is -0.0334 e. The summed E-state index contributed by atoms with van der Waals surface area (Å²) in [7, 11) is 0. The molecule has 1 saturated carbocycles. The lowest BCUT2D eigenvalue weighted by atomic mass is 9.64. The highest BCUT2D eigenvalue weighted by Gasteiger charge is 2.34. The maximum atomic E-state index is 2.49. The molecule has 90 valence electrons. The largest absolute Gasteiger partial charge is 0.0625 e. The van der Waals surface area contributed by atoms with Crippen LogP contribution in [-0.4, -0.2) is 0 Å². The number of hydrogen-bond donors (Lipinski definition) is 0. The number of rotatable bonds is 3. The van der Waals surface area contributed by atoms with Crippen LogP contribution in [0.1, 0.15) is 60.8 Å². The molecule has 15 heavy (non-hydrogen) atoms. The Balaban J connectivity index is 2.66. The van der Waals surface area contributed by atoms with Gasteiger partial charge in [-0.3, -0.25) is 0 Å². The quantitative estimate of drug-likeness (QED) is 0.616. The monoisotopic (exact) mass is 210 g/mol. The van der Waals surface area contributed by atoms with Crippen molar-refractivity contribution in [3.8, 4) is 0 Å². The van der Waals surface area contributed by atoms with Gasteiger partial charge in [0.25, 0.3) is 0 Å². The first-order valence-corrected chi connectivity index (χ1v) is 6.95. The molecule has 1 aliphatic rings. The van der Waals surface area contributed by atoms with Gasteiger partial charge in [-0.05, 0) is 35.5 Å². The van der Waals surface area contributed by atoms with Gasteiger partial charge in [-0.15, -0.1) is 0 Å². The first-order valence-electron chi connectivity index (χ1n) is 6.95. The van der Waals surface area contributed by atoms with Gasteiger partial charge >= 0.3 is 0 Å². The van der Waals surface area contributed by atoms with Crippen LogP contribution in [0.15, 0.2) is 0 Å². The molecule has 0 heteroatoms. The molecule has 0 aromatic carbocycles. The predicted octanol–water partition coefficient (Wildman–Crippen LogP) is 4.99. The van der Waals surface area contributed by atoms with Crippen molar-refractivity contribution in [2.45, 2.75) is 60.8 Å². The average molecular weight is 210 g/mol. The van der Waals surface area contributed by atoms with Gasteiger partial charge in [-0.1, -0.05) is 60.8 Å². The molecule has 4 unspecified atom stereocenters. The summed E-state index contributed by atoms with van der Waals surface area (Å²) in [6.07, 6.45) is 4.38. The predicted molar refractivity (Wildman–Crippen MR) is 68.8 cm³/mol. The van der Waals surface area contributed by atoms with Crippen molar-refractivity contribution in [3.05, 3.63) is 0 Å². The summed E-state index contributed by atoms with van der Waals surface area (Å²) < 4.78 is 0. The average Bonchev–Trinajstić information content (AvgIpc) is 2.15. The lowest BCUT2D eigenvalue weighted by Crippen LogP contribution is -2.34. The fraction of sp³-hybridized carbons (Fsp3) is 1.00. The topological polar surface area (TPSA) is 0 Å². The van der Waals surface area contributed by atoms with Crippen molar-refractivity contribution >= 4 is 0 Å². The van der Waals surface area contributed by atoms with Crippen LogP contribution in [0.3, 0.4) is 0 Å². The lowest BCUT2D eigenvalue weighted by molar-refractivity contribution is 0.0751. The van der Waals surface area contributed by atoms with E-state index in [2.05, 4.69) is 41.5 Å². The van der Waals surface area contributed by atoms with Crippen molar-refractivity contribution in [1.29, 1.82) is 0 Å². The Bertz CT molecular complexity index is 172. The molecule has 1 fully saturated rings. The molecule has 1 rings (SSSR count). The molecule has 0 nitrogen and oxygen atoms in total. The van der Waals surface area contributed by atoms with E-state index in [-0.39, 0.29) is 0 Å². The zero-order valence-corrected chi connectivity index (χ0v) is 11.6. The normalized spacial score (nSPS) is 36.6. The molecule has 0 bridgehead atoms. The van der Waals surface area contributed by atoms with Crippen LogP contribution in [0.4, 0.5) is 0 Å². The third-order valence-electron chi connectivity index (χ3n) is 5.12. The Morgan fingerprint density at radius 3 is 1.73 bits per heavy atom.